The van der Waals surface area contributed by atoms with Crippen LogP contribution in [0.1, 0.15) is 49.6 Å². The number of aliphatic imine (C=N–C) groups is 1. The van der Waals surface area contributed by atoms with Gasteiger partial charge in [-0.25, -0.2) is 0 Å². The van der Waals surface area contributed by atoms with E-state index < -0.39 is 0 Å². The minimum Gasteiger partial charge on any atom is -0.454 e. The van der Waals surface area contributed by atoms with Gasteiger partial charge in [0.15, 0.2) is 23.2 Å². The maximum atomic E-state index is 5.44. The van der Waals surface area contributed by atoms with Crippen molar-refractivity contribution in [1.82, 2.24) is 15.8 Å². The molecule has 0 aliphatic carbocycles. The van der Waals surface area contributed by atoms with Gasteiger partial charge in [0.05, 0.1) is 12.2 Å². The molecule has 3 rings (SSSR count). The molecule has 2 aromatic rings. The molecule has 0 fully saturated rings. The third kappa shape index (κ3) is 4.93. The Labute approximate surface area is 160 Å². The Bertz CT molecular complexity index is 768. The van der Waals surface area contributed by atoms with E-state index in [9.17, 15) is 0 Å². The predicted octanol–water partition coefficient (Wildman–Crippen LogP) is 3.21. The molecule has 0 bridgehead atoms. The SMILES string of the molecule is CCC(CC)c1cc(CNC(=NC)NCCc2ccc3c(c2)OCO3)on1. The van der Waals surface area contributed by atoms with Crippen LogP contribution in [0, 0.1) is 0 Å². The fourth-order valence-corrected chi connectivity index (χ4v) is 3.12. The first kappa shape index (κ1) is 19.1. The van der Waals surface area contributed by atoms with Crippen LogP contribution in [0.15, 0.2) is 33.8 Å². The van der Waals surface area contributed by atoms with Crippen molar-refractivity contribution in [2.24, 2.45) is 4.99 Å². The van der Waals surface area contributed by atoms with Gasteiger partial charge in [-0.15, -0.1) is 0 Å². The van der Waals surface area contributed by atoms with Crippen LogP contribution in [0.2, 0.25) is 0 Å². The van der Waals surface area contributed by atoms with Crippen LogP contribution in [-0.4, -0.2) is 31.5 Å². The molecule has 2 heterocycles. The lowest BCUT2D eigenvalue weighted by molar-refractivity contribution is 0.174. The molecule has 2 N–H and O–H groups in total. The average molecular weight is 372 g/mol. The second-order valence-corrected chi connectivity index (χ2v) is 6.52. The third-order valence-electron chi connectivity index (χ3n) is 4.78. The lowest BCUT2D eigenvalue weighted by Gasteiger charge is -2.11. The van der Waals surface area contributed by atoms with Crippen LogP contribution in [0.25, 0.3) is 0 Å². The van der Waals surface area contributed by atoms with Crippen molar-refractivity contribution in [3.8, 4) is 11.5 Å². The van der Waals surface area contributed by atoms with Gasteiger partial charge in [-0.1, -0.05) is 25.1 Å². The Morgan fingerprint density at radius 3 is 2.74 bits per heavy atom. The van der Waals surface area contributed by atoms with Crippen molar-refractivity contribution < 1.29 is 14.0 Å². The molecule has 0 unspecified atom stereocenters. The number of ether oxygens (including phenoxy) is 2. The zero-order chi connectivity index (χ0) is 19.1. The molecule has 0 atom stereocenters. The van der Waals surface area contributed by atoms with Crippen LogP contribution in [-0.2, 0) is 13.0 Å². The molecular formula is C20H28N4O3. The van der Waals surface area contributed by atoms with Crippen LogP contribution < -0.4 is 20.1 Å². The first-order valence-corrected chi connectivity index (χ1v) is 9.52. The molecule has 7 heteroatoms. The van der Waals surface area contributed by atoms with Crippen LogP contribution >= 0.6 is 0 Å². The first-order valence-electron chi connectivity index (χ1n) is 9.52. The molecule has 0 saturated carbocycles. The maximum absolute atomic E-state index is 5.44. The van der Waals surface area contributed by atoms with Crippen LogP contribution in [0.4, 0.5) is 0 Å². The summed E-state index contributed by atoms with van der Waals surface area (Å²) < 4.78 is 16.2. The van der Waals surface area contributed by atoms with E-state index in [-0.39, 0.29) is 0 Å². The van der Waals surface area contributed by atoms with Crippen LogP contribution in [0.5, 0.6) is 11.5 Å². The second kappa shape index (κ2) is 9.30. The van der Waals surface area contributed by atoms with Gasteiger partial charge in [0, 0.05) is 25.6 Å². The molecule has 146 valence electrons. The summed E-state index contributed by atoms with van der Waals surface area (Å²) in [7, 11) is 1.76. The number of aromatic nitrogens is 1. The fraction of sp³-hybridized carbons (Fsp3) is 0.500. The quantitative estimate of drug-likeness (QED) is 0.547. The molecule has 27 heavy (non-hydrogen) atoms. The predicted molar refractivity (Wildman–Crippen MR) is 104 cm³/mol. The summed E-state index contributed by atoms with van der Waals surface area (Å²) in [6.07, 6.45) is 3.00. The summed E-state index contributed by atoms with van der Waals surface area (Å²) in [4.78, 5) is 4.25. The van der Waals surface area contributed by atoms with Crippen molar-refractivity contribution in [3.05, 3.63) is 41.3 Å². The molecule has 1 aliphatic rings. The lowest BCUT2D eigenvalue weighted by Crippen LogP contribution is -2.37. The number of nitrogens with one attached hydrogen (secondary N) is 2. The van der Waals surface area contributed by atoms with Gasteiger partial charge in [0.2, 0.25) is 6.79 Å². The van der Waals surface area contributed by atoms with E-state index in [1.165, 1.54) is 5.56 Å². The van der Waals surface area contributed by atoms with Gasteiger partial charge in [-0.2, -0.15) is 0 Å². The zero-order valence-electron chi connectivity index (χ0n) is 16.2. The van der Waals surface area contributed by atoms with Crippen molar-refractivity contribution in [1.29, 1.82) is 0 Å². The highest BCUT2D eigenvalue weighted by Gasteiger charge is 2.14. The smallest absolute Gasteiger partial charge is 0.231 e. The van der Waals surface area contributed by atoms with Gasteiger partial charge >= 0.3 is 0 Å². The molecule has 1 aromatic heterocycles. The van der Waals surface area contributed by atoms with Crippen molar-refractivity contribution in [2.45, 2.75) is 45.6 Å². The molecule has 0 amide bonds. The van der Waals surface area contributed by atoms with Gasteiger partial charge in [-0.05, 0) is 37.0 Å². The van der Waals surface area contributed by atoms with Gasteiger partial charge < -0.3 is 24.6 Å². The monoisotopic (exact) mass is 372 g/mol. The molecule has 1 aliphatic heterocycles. The highest BCUT2D eigenvalue weighted by atomic mass is 16.7. The molecule has 0 radical (unpaired) electrons. The standard InChI is InChI=1S/C20H28N4O3/c1-4-15(5-2)17-11-16(27-24-17)12-23-20(21-3)22-9-8-14-6-7-18-19(10-14)26-13-25-18/h6-7,10-11,15H,4-5,8-9,12-13H2,1-3H3,(H2,21,22,23). The summed E-state index contributed by atoms with van der Waals surface area (Å²) in [5, 5.41) is 10.8. The fourth-order valence-electron chi connectivity index (χ4n) is 3.12. The van der Waals surface area contributed by atoms with E-state index in [0.29, 0.717) is 19.3 Å². The summed E-state index contributed by atoms with van der Waals surface area (Å²) in [6, 6.07) is 8.06. The first-order chi connectivity index (χ1) is 13.2. The largest absolute Gasteiger partial charge is 0.454 e. The van der Waals surface area contributed by atoms with Gasteiger partial charge in [0.1, 0.15) is 0 Å². The molecule has 0 saturated heterocycles. The number of guanidine groups is 1. The van der Waals surface area contributed by atoms with E-state index in [2.05, 4.69) is 40.7 Å². The summed E-state index contributed by atoms with van der Waals surface area (Å²) in [5.74, 6) is 3.63. The van der Waals surface area contributed by atoms with Crippen molar-refractivity contribution in [3.63, 3.8) is 0 Å². The van der Waals surface area contributed by atoms with Crippen molar-refractivity contribution >= 4 is 5.96 Å². The second-order valence-electron chi connectivity index (χ2n) is 6.52. The van der Waals surface area contributed by atoms with E-state index in [1.807, 2.05) is 18.2 Å². The minimum atomic E-state index is 0.300. The summed E-state index contributed by atoms with van der Waals surface area (Å²) in [5.41, 5.74) is 2.22. The van der Waals surface area contributed by atoms with E-state index >= 15 is 0 Å². The molecule has 0 spiro atoms. The zero-order valence-corrected chi connectivity index (χ0v) is 16.2. The Hall–Kier alpha value is -2.70. The Morgan fingerprint density at radius 1 is 1.15 bits per heavy atom. The number of nitrogens with zero attached hydrogens (tertiary/aromatic N) is 2. The van der Waals surface area contributed by atoms with Crippen LogP contribution in [0.3, 0.4) is 0 Å². The van der Waals surface area contributed by atoms with Gasteiger partial charge in [0.25, 0.3) is 0 Å². The number of hydrogen-bond donors (Lipinski definition) is 2. The average Bonchev–Trinajstić information content (AvgIpc) is 3.34. The van der Waals surface area contributed by atoms with E-state index in [1.54, 1.807) is 7.05 Å². The van der Waals surface area contributed by atoms with E-state index in [0.717, 1.165) is 54.7 Å². The number of rotatable bonds is 8. The maximum Gasteiger partial charge on any atom is 0.231 e. The molecule has 1 aromatic carbocycles. The number of fused-ring (bicyclic) bond motifs is 1. The minimum absolute atomic E-state index is 0.300. The summed E-state index contributed by atoms with van der Waals surface area (Å²) >= 11 is 0. The van der Waals surface area contributed by atoms with E-state index in [4.69, 9.17) is 14.0 Å². The highest BCUT2D eigenvalue weighted by molar-refractivity contribution is 5.79. The molecular weight excluding hydrogens is 344 g/mol. The molecule has 7 nitrogen and oxygen atoms in total. The number of benzene rings is 1. The Morgan fingerprint density at radius 2 is 1.96 bits per heavy atom. The summed E-state index contributed by atoms with van der Waals surface area (Å²) in [6.45, 7) is 5.96. The van der Waals surface area contributed by atoms with Gasteiger partial charge in [-0.3, -0.25) is 4.99 Å². The Balaban J connectivity index is 1.44. The Kier molecular flexibility index (Phi) is 6.57. The highest BCUT2D eigenvalue weighted by Crippen LogP contribution is 2.32. The third-order valence-corrected chi connectivity index (χ3v) is 4.78. The lowest BCUT2D eigenvalue weighted by atomic mass is 9.99. The normalized spacial score (nSPS) is 13.3. The number of hydrogen-bond acceptors (Lipinski definition) is 5. The topological polar surface area (TPSA) is 80.9 Å². The van der Waals surface area contributed by atoms with Crippen molar-refractivity contribution in [2.75, 3.05) is 20.4 Å².